The molecule has 2 N–H and O–H groups in total. The summed E-state index contributed by atoms with van der Waals surface area (Å²) in [6, 6.07) is 13.7. The molecule has 52 heavy (non-hydrogen) atoms. The summed E-state index contributed by atoms with van der Waals surface area (Å²) in [6.45, 7) is 2.97. The number of ketones is 1. The Morgan fingerprint density at radius 2 is 1.85 bits per heavy atom. The van der Waals surface area contributed by atoms with Gasteiger partial charge < -0.3 is 29.4 Å². The first-order chi connectivity index (χ1) is 25.2. The number of benzene rings is 2. The van der Waals surface area contributed by atoms with Crippen LogP contribution in [0.3, 0.4) is 0 Å². The highest BCUT2D eigenvalue weighted by Gasteiger charge is 2.56. The number of nitrogens with zero attached hydrogens (tertiary/aromatic N) is 2. The summed E-state index contributed by atoms with van der Waals surface area (Å²) in [5.41, 5.74) is 2.10. The molecule has 1 saturated carbocycles. The molecule has 1 amide bonds. The average molecular weight is 754 g/mol. The van der Waals surface area contributed by atoms with Crippen LogP contribution in [0, 0.1) is 17.8 Å². The van der Waals surface area contributed by atoms with Crippen LogP contribution in [0.15, 0.2) is 59.6 Å². The number of aliphatic hydroxyl groups is 1. The van der Waals surface area contributed by atoms with Crippen LogP contribution in [-0.4, -0.2) is 92.1 Å². The van der Waals surface area contributed by atoms with Gasteiger partial charge in [0.25, 0.3) is 0 Å². The second kappa shape index (κ2) is 16.4. The molecular weight excluding hydrogens is 707 g/mol. The molecule has 4 heterocycles. The molecule has 1 aromatic heterocycles. The first-order valence-electron chi connectivity index (χ1n) is 18.3. The fourth-order valence-corrected chi connectivity index (χ4v) is 10.5. The number of hydrogen-bond donors (Lipinski definition) is 2. The predicted octanol–water partition coefficient (Wildman–Crippen LogP) is 5.19. The minimum absolute atomic E-state index is 0.0641. The number of Topliss-reactive ketones (excluding diaryl/α,β-unsaturated/α-hetero) is 1. The molecule has 14 heteroatoms. The van der Waals surface area contributed by atoms with Crippen molar-refractivity contribution in [1.29, 1.82) is 0 Å². The number of alkyl carbamates (subject to hydrolysis) is 1. The average Bonchev–Trinajstić information content (AvgIpc) is 3.86. The Kier molecular flexibility index (Phi) is 11.7. The molecule has 2 unspecified atom stereocenters. The second-order valence-corrected chi connectivity index (χ2v) is 17.3. The molecule has 12 nitrogen and oxygen atoms in total. The van der Waals surface area contributed by atoms with Gasteiger partial charge in [-0.25, -0.2) is 18.2 Å². The zero-order valence-electron chi connectivity index (χ0n) is 29.4. The lowest BCUT2D eigenvalue weighted by atomic mass is 9.98. The van der Waals surface area contributed by atoms with E-state index in [0.717, 1.165) is 48.1 Å². The van der Waals surface area contributed by atoms with Gasteiger partial charge >= 0.3 is 6.09 Å². The summed E-state index contributed by atoms with van der Waals surface area (Å²) in [6.07, 6.45) is 4.48. The van der Waals surface area contributed by atoms with Crippen molar-refractivity contribution in [1.82, 2.24) is 14.6 Å². The molecule has 7 atom stereocenters. The van der Waals surface area contributed by atoms with E-state index in [2.05, 4.69) is 10.3 Å². The van der Waals surface area contributed by atoms with E-state index >= 15 is 0 Å². The third-order valence-corrected chi connectivity index (χ3v) is 13.8. The van der Waals surface area contributed by atoms with Crippen LogP contribution < -0.4 is 5.32 Å². The number of hydrogen-bond acceptors (Lipinski definition) is 11. The lowest BCUT2D eigenvalue weighted by Crippen LogP contribution is -2.51. The van der Waals surface area contributed by atoms with Crippen molar-refractivity contribution in [3.05, 3.63) is 70.9 Å². The number of aromatic nitrogens is 1. The lowest BCUT2D eigenvalue weighted by molar-refractivity contribution is -0.169. The van der Waals surface area contributed by atoms with Gasteiger partial charge in [0.2, 0.25) is 10.0 Å². The van der Waals surface area contributed by atoms with E-state index < -0.39 is 28.3 Å². The molecule has 4 aliphatic rings. The molecule has 1 aliphatic carbocycles. The molecule has 3 fully saturated rings. The zero-order valence-corrected chi connectivity index (χ0v) is 31.0. The molecule has 0 radical (unpaired) electrons. The summed E-state index contributed by atoms with van der Waals surface area (Å²) < 4.78 is 54.1. The number of nitrogens with one attached hydrogen (secondary N) is 1. The molecular formula is C38H47N3O9S2. The van der Waals surface area contributed by atoms with Crippen molar-refractivity contribution in [3.63, 3.8) is 0 Å². The van der Waals surface area contributed by atoms with Crippen molar-refractivity contribution >= 4 is 33.2 Å². The number of amides is 1. The summed E-state index contributed by atoms with van der Waals surface area (Å²) in [5, 5.41) is 15.2. The van der Waals surface area contributed by atoms with Crippen LogP contribution in [0.4, 0.5) is 4.79 Å². The number of fused-ring (bicyclic) bond motifs is 2. The smallest absolute Gasteiger partial charge is 0.407 e. The topological polar surface area (TPSA) is 154 Å². The zero-order chi connectivity index (χ0) is 36.2. The summed E-state index contributed by atoms with van der Waals surface area (Å²) in [5.74, 6) is 0.223. The highest BCUT2D eigenvalue weighted by atomic mass is 32.2. The maximum absolute atomic E-state index is 14.6. The van der Waals surface area contributed by atoms with Gasteiger partial charge in [-0.1, -0.05) is 55.7 Å². The van der Waals surface area contributed by atoms with Crippen molar-refractivity contribution in [2.75, 3.05) is 32.9 Å². The van der Waals surface area contributed by atoms with Gasteiger partial charge in [-0.05, 0) is 54.5 Å². The molecule has 3 aromatic rings. The van der Waals surface area contributed by atoms with E-state index in [9.17, 15) is 23.1 Å². The van der Waals surface area contributed by atoms with Gasteiger partial charge in [0, 0.05) is 50.6 Å². The van der Waals surface area contributed by atoms with Crippen LogP contribution in [0.1, 0.15) is 66.4 Å². The van der Waals surface area contributed by atoms with Gasteiger partial charge in [0.15, 0.2) is 17.1 Å². The normalized spacial score (nSPS) is 27.3. The maximum Gasteiger partial charge on any atom is 0.407 e. The van der Waals surface area contributed by atoms with Crippen molar-refractivity contribution in [3.8, 4) is 10.4 Å². The Morgan fingerprint density at radius 1 is 1.06 bits per heavy atom. The monoisotopic (exact) mass is 753 g/mol. The van der Waals surface area contributed by atoms with Crippen LogP contribution in [0.2, 0.25) is 0 Å². The van der Waals surface area contributed by atoms with Crippen LogP contribution in [-0.2, 0) is 42.0 Å². The highest BCUT2D eigenvalue weighted by molar-refractivity contribution is 7.89. The SMILES string of the molecule is CC(=O)c1ncc(-c2ccc3c(c2)COCCCCCCCN(C[C@@H](O)[C@H](Cc2ccccc2)NC(=O)O[C@H]2C4CO[C@H]5OC[C@@H]2C5C4)S3(=O)=O)s1. The van der Waals surface area contributed by atoms with Gasteiger partial charge in [-0.2, -0.15) is 4.31 Å². The van der Waals surface area contributed by atoms with Gasteiger partial charge in [-0.15, -0.1) is 11.3 Å². The lowest BCUT2D eigenvalue weighted by Gasteiger charge is -2.31. The van der Waals surface area contributed by atoms with E-state index in [1.165, 1.54) is 22.6 Å². The molecule has 280 valence electrons. The molecule has 2 saturated heterocycles. The number of carbonyl (C=O) groups excluding carboxylic acids is 2. The molecule has 7 rings (SSSR count). The van der Waals surface area contributed by atoms with Gasteiger partial charge in [-0.3, -0.25) is 4.79 Å². The third kappa shape index (κ3) is 8.28. The van der Waals surface area contributed by atoms with Crippen LogP contribution in [0.5, 0.6) is 0 Å². The molecule has 0 spiro atoms. The Hall–Kier alpha value is -3.24. The Balaban J connectivity index is 1.14. The number of thiazole rings is 1. The van der Waals surface area contributed by atoms with Gasteiger partial charge in [0.1, 0.15) is 6.10 Å². The fraction of sp³-hybridized carbons (Fsp3) is 0.553. The van der Waals surface area contributed by atoms with Crippen molar-refractivity contribution < 1.29 is 42.1 Å². The number of sulfonamides is 1. The van der Waals surface area contributed by atoms with E-state index in [1.807, 2.05) is 30.3 Å². The van der Waals surface area contributed by atoms with Crippen LogP contribution >= 0.6 is 11.3 Å². The molecule has 2 bridgehead atoms. The Morgan fingerprint density at radius 3 is 2.65 bits per heavy atom. The highest BCUT2D eigenvalue weighted by Crippen LogP contribution is 2.49. The molecule has 3 aliphatic heterocycles. The minimum atomic E-state index is -4.14. The third-order valence-electron chi connectivity index (χ3n) is 10.7. The largest absolute Gasteiger partial charge is 0.445 e. The number of β-amino-alcohol motifs (C(OH)–C–C–N with tert-alkyl or cyclic N) is 1. The van der Waals surface area contributed by atoms with Gasteiger partial charge in [0.05, 0.1) is 41.7 Å². The van der Waals surface area contributed by atoms with Crippen LogP contribution in [0.25, 0.3) is 10.4 Å². The Bertz CT molecular complexity index is 1820. The Labute approximate surface area is 308 Å². The van der Waals surface area contributed by atoms with Crippen molar-refractivity contribution in [2.45, 2.75) is 87.9 Å². The van der Waals surface area contributed by atoms with Crippen molar-refractivity contribution in [2.24, 2.45) is 17.8 Å². The predicted molar refractivity (Wildman–Crippen MR) is 193 cm³/mol. The first-order valence-corrected chi connectivity index (χ1v) is 20.5. The van der Waals surface area contributed by atoms with E-state index in [0.29, 0.717) is 36.8 Å². The minimum Gasteiger partial charge on any atom is -0.445 e. The first kappa shape index (κ1) is 37.1. The maximum atomic E-state index is 14.6. The fourth-order valence-electron chi connectivity index (χ4n) is 7.97. The number of ether oxygens (including phenoxy) is 4. The summed E-state index contributed by atoms with van der Waals surface area (Å²) in [7, 11) is -4.14. The number of aliphatic hydroxyl groups excluding tert-OH is 1. The molecule has 2 aromatic carbocycles. The standard InChI is InChI=1S/C38H47N3O9S2/c1-24(42)36-39-19-33(51-36)26-12-13-34-27(17-26)21-47-15-9-4-2-3-8-14-41(52(34,45)46)20-32(43)31(16-25-10-6-5-7-11-25)40-38(44)50-35-28-18-29-30(35)23-49-37(29)48-22-28/h5-7,10-13,17,19,28-32,35,37,43H,2-4,8-9,14-16,18,20-23H2,1H3,(H,40,44)/t28?,29?,30-,31+,32-,35+,37+/m1/s1. The van der Waals surface area contributed by atoms with E-state index in [1.54, 1.807) is 24.4 Å². The van der Waals surface area contributed by atoms with E-state index in [-0.39, 0.29) is 66.9 Å². The number of rotatable bonds is 9. The second-order valence-electron chi connectivity index (χ2n) is 14.3. The summed E-state index contributed by atoms with van der Waals surface area (Å²) in [4.78, 5) is 30.5. The van der Waals surface area contributed by atoms with E-state index in [4.69, 9.17) is 18.9 Å². The summed E-state index contributed by atoms with van der Waals surface area (Å²) >= 11 is 1.25. The quantitative estimate of drug-likeness (QED) is 0.279. The number of carbonyl (C=O) groups is 2.